The van der Waals surface area contributed by atoms with E-state index in [0.717, 1.165) is 29.7 Å². The van der Waals surface area contributed by atoms with Gasteiger partial charge >= 0.3 is 0 Å². The lowest BCUT2D eigenvalue weighted by Crippen LogP contribution is -2.40. The smallest absolute Gasteiger partial charge is 0.244 e. The van der Waals surface area contributed by atoms with Crippen LogP contribution >= 0.6 is 0 Å². The number of benzene rings is 1. The third-order valence-electron chi connectivity index (χ3n) is 3.50. The van der Waals surface area contributed by atoms with Crippen LogP contribution in [0, 0.1) is 13.8 Å². The van der Waals surface area contributed by atoms with Gasteiger partial charge in [0.1, 0.15) is 0 Å². The highest BCUT2D eigenvalue weighted by atomic mass is 16.2. The molecule has 19 heavy (non-hydrogen) atoms. The summed E-state index contributed by atoms with van der Waals surface area (Å²) in [4.78, 5) is 25.3. The Bertz CT molecular complexity index is 477. The molecule has 1 saturated heterocycles. The molecule has 2 amide bonds. The highest BCUT2D eigenvalue weighted by Gasteiger charge is 2.20. The summed E-state index contributed by atoms with van der Waals surface area (Å²) in [6.07, 6.45) is 2.49. The summed E-state index contributed by atoms with van der Waals surface area (Å²) in [5.74, 6) is -0.0319. The molecular weight excluding hydrogens is 240 g/mol. The van der Waals surface area contributed by atoms with Crippen LogP contribution in [0.4, 0.5) is 5.69 Å². The lowest BCUT2D eigenvalue weighted by atomic mass is 10.1. The number of aryl methyl sites for hydroxylation is 2. The maximum Gasteiger partial charge on any atom is 0.244 e. The zero-order valence-corrected chi connectivity index (χ0v) is 11.5. The Hall–Kier alpha value is -1.84. The van der Waals surface area contributed by atoms with Gasteiger partial charge in [-0.3, -0.25) is 9.59 Å². The normalized spacial score (nSPS) is 15.5. The molecule has 0 unspecified atom stereocenters. The first-order chi connectivity index (χ1) is 9.08. The number of carbonyl (C=O) groups is 2. The van der Waals surface area contributed by atoms with Crippen LogP contribution in [0.2, 0.25) is 0 Å². The molecule has 1 aromatic rings. The standard InChI is InChI=1S/C15H20N2O2/c1-11-6-5-7-12(2)15(11)16-13(18)10-17-9-4-3-8-14(17)19/h5-7H,3-4,8-10H2,1-2H3,(H,16,18). The van der Waals surface area contributed by atoms with Crippen molar-refractivity contribution >= 4 is 17.5 Å². The van der Waals surface area contributed by atoms with Crippen LogP contribution in [-0.2, 0) is 9.59 Å². The predicted molar refractivity (Wildman–Crippen MR) is 75.0 cm³/mol. The first-order valence-electron chi connectivity index (χ1n) is 6.72. The van der Waals surface area contributed by atoms with E-state index in [1.807, 2.05) is 32.0 Å². The number of likely N-dealkylation sites (tertiary alicyclic amines) is 1. The van der Waals surface area contributed by atoms with Gasteiger partial charge in [-0.2, -0.15) is 0 Å². The number of rotatable bonds is 3. The molecule has 0 radical (unpaired) electrons. The van der Waals surface area contributed by atoms with Crippen molar-refractivity contribution in [3.63, 3.8) is 0 Å². The molecule has 1 N–H and O–H groups in total. The second-order valence-electron chi connectivity index (χ2n) is 5.09. The third-order valence-corrected chi connectivity index (χ3v) is 3.50. The van der Waals surface area contributed by atoms with Gasteiger partial charge < -0.3 is 10.2 Å². The van der Waals surface area contributed by atoms with Crippen molar-refractivity contribution in [2.24, 2.45) is 0 Å². The summed E-state index contributed by atoms with van der Waals surface area (Å²) in [6, 6.07) is 5.90. The molecule has 0 spiro atoms. The molecule has 1 aliphatic rings. The zero-order chi connectivity index (χ0) is 13.8. The van der Waals surface area contributed by atoms with Crippen LogP contribution in [0.5, 0.6) is 0 Å². The van der Waals surface area contributed by atoms with Gasteiger partial charge in [-0.25, -0.2) is 0 Å². The average Bonchev–Trinajstić information content (AvgIpc) is 2.37. The van der Waals surface area contributed by atoms with Gasteiger partial charge in [-0.1, -0.05) is 18.2 Å². The molecule has 0 aromatic heterocycles. The van der Waals surface area contributed by atoms with Crippen molar-refractivity contribution < 1.29 is 9.59 Å². The van der Waals surface area contributed by atoms with Crippen molar-refractivity contribution in [1.82, 2.24) is 4.90 Å². The monoisotopic (exact) mass is 260 g/mol. The first kappa shape index (κ1) is 13.6. The van der Waals surface area contributed by atoms with E-state index in [2.05, 4.69) is 5.32 Å². The number of hydrogen-bond donors (Lipinski definition) is 1. The van der Waals surface area contributed by atoms with Crippen molar-refractivity contribution in [2.75, 3.05) is 18.4 Å². The summed E-state index contributed by atoms with van der Waals surface area (Å²) < 4.78 is 0. The minimum absolute atomic E-state index is 0.0860. The highest BCUT2D eigenvalue weighted by molar-refractivity contribution is 5.95. The summed E-state index contributed by atoms with van der Waals surface area (Å²) in [7, 11) is 0. The van der Waals surface area contributed by atoms with Crippen LogP contribution in [0.3, 0.4) is 0 Å². The molecule has 0 bridgehead atoms. The Morgan fingerprint density at radius 2 is 1.95 bits per heavy atom. The minimum atomic E-state index is -0.118. The molecule has 4 heteroatoms. The molecule has 1 fully saturated rings. The second kappa shape index (κ2) is 5.87. The fourth-order valence-corrected chi connectivity index (χ4v) is 2.39. The molecule has 1 aromatic carbocycles. The van der Waals surface area contributed by atoms with Crippen LogP contribution in [0.1, 0.15) is 30.4 Å². The number of nitrogens with zero attached hydrogens (tertiary/aromatic N) is 1. The van der Waals surface area contributed by atoms with E-state index in [0.29, 0.717) is 13.0 Å². The van der Waals surface area contributed by atoms with E-state index in [1.54, 1.807) is 4.90 Å². The maximum absolute atomic E-state index is 12.0. The van der Waals surface area contributed by atoms with Crippen molar-refractivity contribution in [1.29, 1.82) is 0 Å². The fraction of sp³-hybridized carbons (Fsp3) is 0.467. The molecule has 1 aliphatic heterocycles. The Balaban J connectivity index is 1.99. The zero-order valence-electron chi connectivity index (χ0n) is 11.5. The van der Waals surface area contributed by atoms with Gasteiger partial charge in [-0.15, -0.1) is 0 Å². The SMILES string of the molecule is Cc1cccc(C)c1NC(=O)CN1CCCCC1=O. The summed E-state index contributed by atoms with van der Waals surface area (Å²) in [5, 5.41) is 2.91. The quantitative estimate of drug-likeness (QED) is 0.906. The fourth-order valence-electron chi connectivity index (χ4n) is 2.39. The molecule has 0 saturated carbocycles. The summed E-state index contributed by atoms with van der Waals surface area (Å²) in [6.45, 7) is 4.79. The van der Waals surface area contributed by atoms with Crippen LogP contribution in [-0.4, -0.2) is 29.8 Å². The molecule has 2 rings (SSSR count). The van der Waals surface area contributed by atoms with Crippen molar-refractivity contribution in [2.45, 2.75) is 33.1 Å². The Morgan fingerprint density at radius 1 is 1.26 bits per heavy atom. The minimum Gasteiger partial charge on any atom is -0.333 e. The number of anilines is 1. The van der Waals surface area contributed by atoms with E-state index in [4.69, 9.17) is 0 Å². The largest absolute Gasteiger partial charge is 0.333 e. The molecule has 0 atom stereocenters. The van der Waals surface area contributed by atoms with Gasteiger partial charge in [0.05, 0.1) is 6.54 Å². The Kier molecular flexibility index (Phi) is 4.20. The number of nitrogens with one attached hydrogen (secondary N) is 1. The lowest BCUT2D eigenvalue weighted by molar-refractivity contribution is -0.136. The number of hydrogen-bond acceptors (Lipinski definition) is 2. The molecular formula is C15H20N2O2. The van der Waals surface area contributed by atoms with Gasteiger partial charge in [0.25, 0.3) is 0 Å². The van der Waals surface area contributed by atoms with E-state index < -0.39 is 0 Å². The topological polar surface area (TPSA) is 49.4 Å². The Morgan fingerprint density at radius 3 is 2.58 bits per heavy atom. The van der Waals surface area contributed by atoms with Crippen LogP contribution in [0.15, 0.2) is 18.2 Å². The average molecular weight is 260 g/mol. The molecule has 1 heterocycles. The summed E-state index contributed by atoms with van der Waals surface area (Å²) in [5.41, 5.74) is 2.94. The van der Waals surface area contributed by atoms with E-state index >= 15 is 0 Å². The van der Waals surface area contributed by atoms with Crippen molar-refractivity contribution in [3.05, 3.63) is 29.3 Å². The van der Waals surface area contributed by atoms with E-state index in [-0.39, 0.29) is 18.4 Å². The molecule has 4 nitrogen and oxygen atoms in total. The number of piperidine rings is 1. The highest BCUT2D eigenvalue weighted by Crippen LogP contribution is 2.19. The van der Waals surface area contributed by atoms with Gasteiger partial charge in [-0.05, 0) is 37.8 Å². The second-order valence-corrected chi connectivity index (χ2v) is 5.09. The van der Waals surface area contributed by atoms with Crippen LogP contribution < -0.4 is 5.32 Å². The van der Waals surface area contributed by atoms with Gasteiger partial charge in [0.15, 0.2) is 0 Å². The first-order valence-corrected chi connectivity index (χ1v) is 6.72. The van der Waals surface area contributed by atoms with Gasteiger partial charge in [0.2, 0.25) is 11.8 Å². The van der Waals surface area contributed by atoms with E-state index in [9.17, 15) is 9.59 Å². The van der Waals surface area contributed by atoms with E-state index in [1.165, 1.54) is 0 Å². The lowest BCUT2D eigenvalue weighted by Gasteiger charge is -2.26. The molecule has 0 aliphatic carbocycles. The maximum atomic E-state index is 12.0. The predicted octanol–water partition coefficient (Wildman–Crippen LogP) is 2.25. The van der Waals surface area contributed by atoms with Crippen LogP contribution in [0.25, 0.3) is 0 Å². The Labute approximate surface area is 113 Å². The number of amides is 2. The van der Waals surface area contributed by atoms with Crippen molar-refractivity contribution in [3.8, 4) is 0 Å². The third kappa shape index (κ3) is 3.34. The number of carbonyl (C=O) groups excluding carboxylic acids is 2. The molecule has 102 valence electrons. The number of para-hydroxylation sites is 1. The summed E-state index contributed by atoms with van der Waals surface area (Å²) >= 11 is 0. The van der Waals surface area contributed by atoms with Gasteiger partial charge in [0, 0.05) is 18.7 Å².